The van der Waals surface area contributed by atoms with E-state index in [1.54, 1.807) is 0 Å². The van der Waals surface area contributed by atoms with Crippen LogP contribution in [0.3, 0.4) is 0 Å². The molecular formula is C27H33F3N5O3+. The first-order valence-electron chi connectivity index (χ1n) is 12.7. The zero-order valence-corrected chi connectivity index (χ0v) is 21.1. The minimum Gasteiger partial charge on any atom is -0.384 e. The maximum Gasteiger partial charge on any atom is 0.491 e. The highest BCUT2D eigenvalue weighted by molar-refractivity contribution is 5.95. The van der Waals surface area contributed by atoms with E-state index in [1.807, 2.05) is 54.6 Å². The number of esters is 2. The fraction of sp³-hybridized carbons (Fsp3) is 0.444. The number of hydrogen-bond donors (Lipinski definition) is 2. The number of ether oxygens (including phenoxy) is 1. The Kier molecular flexibility index (Phi) is 8.37. The lowest BCUT2D eigenvalue weighted by molar-refractivity contribution is -0.939. The van der Waals surface area contributed by atoms with Crippen LogP contribution in [0.1, 0.15) is 24.0 Å². The van der Waals surface area contributed by atoms with E-state index in [9.17, 15) is 22.8 Å². The Hall–Kier alpha value is -3.44. The molecule has 0 bridgehead atoms. The average molecular weight is 533 g/mol. The second-order valence-corrected chi connectivity index (χ2v) is 10.1. The molecule has 8 nitrogen and oxygen atoms in total. The van der Waals surface area contributed by atoms with Crippen LogP contribution in [0.25, 0.3) is 0 Å². The van der Waals surface area contributed by atoms with E-state index in [1.165, 1.54) is 0 Å². The van der Waals surface area contributed by atoms with Crippen LogP contribution >= 0.6 is 0 Å². The van der Waals surface area contributed by atoms with Gasteiger partial charge in [-0.1, -0.05) is 30.3 Å². The molecule has 2 aliphatic heterocycles. The van der Waals surface area contributed by atoms with Crippen molar-refractivity contribution in [3.8, 4) is 0 Å². The number of nitrogens with zero attached hydrogens (tertiary/aromatic N) is 3. The van der Waals surface area contributed by atoms with Crippen LogP contribution in [0.4, 0.5) is 18.9 Å². The van der Waals surface area contributed by atoms with Crippen molar-refractivity contribution in [3.05, 3.63) is 65.7 Å². The molecule has 0 amide bonds. The molecule has 0 aliphatic carbocycles. The number of nitrogen functional groups attached to an aromatic ring is 1. The van der Waals surface area contributed by atoms with Crippen LogP contribution in [0.2, 0.25) is 0 Å². The Balaban J connectivity index is 1.36. The molecule has 2 aliphatic rings. The van der Waals surface area contributed by atoms with Crippen molar-refractivity contribution in [3.63, 3.8) is 0 Å². The van der Waals surface area contributed by atoms with Gasteiger partial charge in [-0.2, -0.15) is 13.2 Å². The lowest BCUT2D eigenvalue weighted by Crippen LogP contribution is -2.60. The molecular weight excluding hydrogens is 499 g/mol. The number of piperidine rings is 1. The summed E-state index contributed by atoms with van der Waals surface area (Å²) < 4.78 is 42.3. The van der Waals surface area contributed by atoms with Gasteiger partial charge in [0.05, 0.1) is 13.1 Å². The molecule has 0 atom stereocenters. The van der Waals surface area contributed by atoms with E-state index in [-0.39, 0.29) is 16.9 Å². The van der Waals surface area contributed by atoms with Crippen molar-refractivity contribution < 1.29 is 32.0 Å². The summed E-state index contributed by atoms with van der Waals surface area (Å²) >= 11 is 0. The fourth-order valence-corrected chi connectivity index (χ4v) is 5.47. The number of nitrogens with two attached hydrogens (primary N) is 1. The molecule has 3 N–H and O–H groups in total. The molecule has 38 heavy (non-hydrogen) atoms. The number of halogens is 3. The van der Waals surface area contributed by atoms with Gasteiger partial charge in [-0.15, -0.1) is 0 Å². The van der Waals surface area contributed by atoms with Gasteiger partial charge in [0.25, 0.3) is 0 Å². The molecule has 2 heterocycles. The van der Waals surface area contributed by atoms with Gasteiger partial charge in [-0.05, 0) is 24.3 Å². The molecule has 2 aromatic carbocycles. The van der Waals surface area contributed by atoms with Gasteiger partial charge in [-0.3, -0.25) is 10.3 Å². The predicted octanol–water partition coefficient (Wildman–Crippen LogP) is 2.90. The molecule has 2 saturated heterocycles. The van der Waals surface area contributed by atoms with E-state index < -0.39 is 18.1 Å². The second-order valence-electron chi connectivity index (χ2n) is 10.1. The Labute approximate surface area is 219 Å². The molecule has 2 aromatic rings. The molecule has 0 unspecified atom stereocenters. The van der Waals surface area contributed by atoms with Crippen LogP contribution in [0.15, 0.2) is 54.6 Å². The monoisotopic (exact) mass is 532 g/mol. The van der Waals surface area contributed by atoms with Crippen LogP contribution in [-0.4, -0.2) is 85.2 Å². The highest BCUT2D eigenvalue weighted by atomic mass is 19.4. The third kappa shape index (κ3) is 6.90. The maximum atomic E-state index is 12.6. The first kappa shape index (κ1) is 27.6. The molecule has 204 valence electrons. The normalized spacial score (nSPS) is 22.6. The number of likely N-dealkylation sites (tertiary alicyclic amines) is 1. The van der Waals surface area contributed by atoms with Gasteiger partial charge in [-0.25, -0.2) is 9.59 Å². The number of alkyl halides is 3. The van der Waals surface area contributed by atoms with E-state index >= 15 is 0 Å². The van der Waals surface area contributed by atoms with Crippen molar-refractivity contribution in [1.82, 2.24) is 4.90 Å². The number of benzene rings is 2. The molecule has 11 heteroatoms. The Morgan fingerprint density at radius 2 is 1.58 bits per heavy atom. The Morgan fingerprint density at radius 1 is 0.974 bits per heavy atom. The fourth-order valence-electron chi connectivity index (χ4n) is 5.47. The largest absolute Gasteiger partial charge is 0.491 e. The minimum absolute atomic E-state index is 0.0422. The van der Waals surface area contributed by atoms with Gasteiger partial charge in [0, 0.05) is 61.9 Å². The van der Waals surface area contributed by atoms with E-state index in [4.69, 9.17) is 11.1 Å². The highest BCUT2D eigenvalue weighted by Gasteiger charge is 2.45. The quantitative estimate of drug-likeness (QED) is 0.187. The van der Waals surface area contributed by atoms with Crippen LogP contribution in [-0.2, 0) is 20.9 Å². The molecule has 0 radical (unpaired) electrons. The lowest BCUT2D eigenvalue weighted by Gasteiger charge is -2.47. The smallest absolute Gasteiger partial charge is 0.384 e. The van der Waals surface area contributed by atoms with Crippen molar-refractivity contribution >= 4 is 23.5 Å². The molecule has 0 saturated carbocycles. The number of amidine groups is 1. The Morgan fingerprint density at radius 3 is 2.13 bits per heavy atom. The number of hydrogen-bond acceptors (Lipinski definition) is 6. The van der Waals surface area contributed by atoms with Gasteiger partial charge < -0.3 is 19.9 Å². The van der Waals surface area contributed by atoms with Crippen molar-refractivity contribution in [2.75, 3.05) is 50.7 Å². The summed E-state index contributed by atoms with van der Waals surface area (Å²) in [6.45, 7) is 4.85. The van der Waals surface area contributed by atoms with E-state index in [2.05, 4.69) is 14.5 Å². The average Bonchev–Trinajstić information content (AvgIpc) is 2.89. The standard InChI is InChI=1S/C27H33F3N5O3/c28-27(29,30)26(37)38-24(36)19-35(18-20-4-2-1-3-5-20)16-10-23(11-17-35)34-14-12-33(13-15-34)22-8-6-21(7-9-22)25(31)32/h1-9,23H,10-19H2,(H3,31,32)/q+1. The summed E-state index contributed by atoms with van der Waals surface area (Å²) in [5.74, 6) is -3.57. The first-order chi connectivity index (χ1) is 18.0. The summed E-state index contributed by atoms with van der Waals surface area (Å²) in [5, 5.41) is 7.54. The third-order valence-corrected chi connectivity index (χ3v) is 7.51. The minimum atomic E-state index is -5.20. The number of nitrogens with one attached hydrogen (secondary N) is 1. The first-order valence-corrected chi connectivity index (χ1v) is 12.7. The van der Waals surface area contributed by atoms with Crippen molar-refractivity contribution in [2.45, 2.75) is 31.6 Å². The molecule has 4 rings (SSSR count). The van der Waals surface area contributed by atoms with Gasteiger partial charge in [0.15, 0.2) is 6.54 Å². The van der Waals surface area contributed by atoms with Crippen LogP contribution in [0, 0.1) is 5.41 Å². The number of quaternary nitrogens is 1. The summed E-state index contributed by atoms with van der Waals surface area (Å²) in [7, 11) is 0. The van der Waals surface area contributed by atoms with Crippen LogP contribution < -0.4 is 10.6 Å². The van der Waals surface area contributed by atoms with E-state index in [0.29, 0.717) is 31.2 Å². The summed E-state index contributed by atoms with van der Waals surface area (Å²) in [5.41, 5.74) is 8.30. The maximum absolute atomic E-state index is 12.6. The lowest BCUT2D eigenvalue weighted by atomic mass is 9.98. The number of rotatable bonds is 7. The molecule has 0 aromatic heterocycles. The summed E-state index contributed by atoms with van der Waals surface area (Å²) in [4.78, 5) is 28.3. The third-order valence-electron chi connectivity index (χ3n) is 7.51. The zero-order chi connectivity index (χ0) is 27.3. The topological polar surface area (TPSA) is 99.7 Å². The molecule has 0 spiro atoms. The number of piperazine rings is 1. The number of carbonyl (C=O) groups excluding carboxylic acids is 2. The predicted molar refractivity (Wildman–Crippen MR) is 136 cm³/mol. The van der Waals surface area contributed by atoms with E-state index in [0.717, 1.165) is 50.3 Å². The second kappa shape index (κ2) is 11.5. The van der Waals surface area contributed by atoms with Gasteiger partial charge >= 0.3 is 18.1 Å². The van der Waals surface area contributed by atoms with Crippen molar-refractivity contribution in [2.24, 2.45) is 5.73 Å². The molecule has 2 fully saturated rings. The highest BCUT2D eigenvalue weighted by Crippen LogP contribution is 2.28. The summed E-state index contributed by atoms with van der Waals surface area (Å²) in [6.07, 6.45) is -3.62. The van der Waals surface area contributed by atoms with Crippen LogP contribution in [0.5, 0.6) is 0 Å². The Bertz CT molecular complexity index is 1120. The van der Waals surface area contributed by atoms with Crippen molar-refractivity contribution in [1.29, 1.82) is 5.41 Å². The summed E-state index contributed by atoms with van der Waals surface area (Å²) in [6, 6.07) is 17.5. The van der Waals surface area contributed by atoms with Gasteiger partial charge in [0.1, 0.15) is 12.4 Å². The zero-order valence-electron chi connectivity index (χ0n) is 21.1. The number of carbonyl (C=O) groups is 2. The number of anilines is 1. The SMILES string of the molecule is N=C(N)c1ccc(N2CCN(C3CC[N+](CC(=O)OC(=O)C(F)(F)F)(Cc4ccccc4)CC3)CC2)cc1. The van der Waals surface area contributed by atoms with Gasteiger partial charge in [0.2, 0.25) is 0 Å².